The minimum absolute atomic E-state index is 0.0897. The van der Waals surface area contributed by atoms with Gasteiger partial charge in [-0.2, -0.15) is 0 Å². The fourth-order valence-corrected chi connectivity index (χ4v) is 3.00. The fraction of sp³-hybridized carbons (Fsp3) is 0.294. The summed E-state index contributed by atoms with van der Waals surface area (Å²) in [7, 11) is 0. The van der Waals surface area contributed by atoms with E-state index >= 15 is 0 Å². The molecule has 9 heteroatoms. The maximum absolute atomic E-state index is 12.9. The maximum Gasteiger partial charge on any atom is 0.322 e. The van der Waals surface area contributed by atoms with Crippen LogP contribution in [0.15, 0.2) is 29.1 Å². The molecule has 1 aromatic carbocycles. The summed E-state index contributed by atoms with van der Waals surface area (Å²) >= 11 is 0. The zero-order valence-corrected chi connectivity index (χ0v) is 13.7. The van der Waals surface area contributed by atoms with Gasteiger partial charge in [0.05, 0.1) is 11.0 Å². The van der Waals surface area contributed by atoms with E-state index in [0.29, 0.717) is 23.5 Å². The van der Waals surface area contributed by atoms with E-state index in [1.165, 1.54) is 9.20 Å². The van der Waals surface area contributed by atoms with E-state index < -0.39 is 35.3 Å². The van der Waals surface area contributed by atoms with Crippen molar-refractivity contribution in [2.45, 2.75) is 19.4 Å². The summed E-state index contributed by atoms with van der Waals surface area (Å²) in [6.45, 7) is -0.253. The Morgan fingerprint density at radius 3 is 2.69 bits per heavy atom. The highest BCUT2D eigenvalue weighted by Crippen LogP contribution is 2.32. The number of fused-ring (bicyclic) bond motifs is 3. The summed E-state index contributed by atoms with van der Waals surface area (Å²) in [4.78, 5) is 40.3. The summed E-state index contributed by atoms with van der Waals surface area (Å²) in [5, 5.41) is 21.4. The number of carbonyl (C=O) groups excluding carboxylic acids is 1. The number of carboxylic acid groups (broad SMARTS) is 1. The maximum atomic E-state index is 12.9. The molecule has 1 fully saturated rings. The first-order chi connectivity index (χ1) is 12.5. The molecular weight excluding hydrogens is 340 g/mol. The molecule has 1 aliphatic carbocycles. The number of carboxylic acids is 1. The number of para-hydroxylation sites is 2. The van der Waals surface area contributed by atoms with E-state index in [1.807, 2.05) is 0 Å². The quantitative estimate of drug-likeness (QED) is 0.614. The van der Waals surface area contributed by atoms with Crippen molar-refractivity contribution in [1.29, 1.82) is 0 Å². The van der Waals surface area contributed by atoms with Crippen LogP contribution in [0.1, 0.15) is 23.2 Å². The smallest absolute Gasteiger partial charge is 0.322 e. The Bertz CT molecular complexity index is 1110. The highest BCUT2D eigenvalue weighted by molar-refractivity contribution is 6.00. The second kappa shape index (κ2) is 5.87. The molecule has 0 unspecified atom stereocenters. The van der Waals surface area contributed by atoms with Gasteiger partial charge in [-0.3, -0.25) is 14.4 Å². The largest absolute Gasteiger partial charge is 0.504 e. The molecule has 1 saturated carbocycles. The Morgan fingerprint density at radius 2 is 2.00 bits per heavy atom. The van der Waals surface area contributed by atoms with Crippen LogP contribution in [0.4, 0.5) is 0 Å². The van der Waals surface area contributed by atoms with Crippen LogP contribution in [-0.4, -0.2) is 42.8 Å². The van der Waals surface area contributed by atoms with Gasteiger partial charge >= 0.3 is 5.97 Å². The molecule has 4 rings (SSSR count). The highest BCUT2D eigenvalue weighted by Gasteiger charge is 2.29. The molecule has 1 aliphatic rings. The summed E-state index contributed by atoms with van der Waals surface area (Å²) in [6, 6.07) is 7.11. The fourth-order valence-electron chi connectivity index (χ4n) is 3.00. The molecule has 2 aromatic heterocycles. The molecule has 0 bridgehead atoms. The van der Waals surface area contributed by atoms with Crippen molar-refractivity contribution in [1.82, 2.24) is 19.5 Å². The number of nitrogens with zero attached hydrogens (tertiary/aromatic N) is 3. The van der Waals surface area contributed by atoms with Crippen molar-refractivity contribution in [2.75, 3.05) is 6.54 Å². The number of aromatic nitrogens is 3. The lowest BCUT2D eigenvalue weighted by Gasteiger charge is -2.13. The number of aliphatic carboxylic acids is 1. The summed E-state index contributed by atoms with van der Waals surface area (Å²) in [5.74, 6) is -2.41. The lowest BCUT2D eigenvalue weighted by atomic mass is 10.2. The Kier molecular flexibility index (Phi) is 3.64. The molecule has 0 aliphatic heterocycles. The van der Waals surface area contributed by atoms with Crippen LogP contribution in [0.25, 0.3) is 16.7 Å². The highest BCUT2D eigenvalue weighted by atomic mass is 16.4. The first-order valence-electron chi connectivity index (χ1n) is 8.20. The molecule has 134 valence electrons. The molecule has 1 amide bonds. The molecular formula is C17H16N4O5. The standard InChI is InChI=1S/C17H16N4O5/c22-12(23)7-18-16(25)13-14(24)15-19-10-3-1-2-4-11(10)21(15)20(17(13)26)8-9-5-6-9/h1-4,9,24H,5-8H2,(H,18,25)(H,22,23). The molecule has 3 aromatic rings. The van der Waals surface area contributed by atoms with Gasteiger partial charge in [-0.15, -0.1) is 0 Å². The van der Waals surface area contributed by atoms with Crippen LogP contribution in [0, 0.1) is 5.92 Å². The van der Waals surface area contributed by atoms with Crippen LogP contribution in [0.5, 0.6) is 5.75 Å². The molecule has 3 N–H and O–H groups in total. The second-order valence-corrected chi connectivity index (χ2v) is 6.37. The molecule has 26 heavy (non-hydrogen) atoms. The van der Waals surface area contributed by atoms with Crippen molar-refractivity contribution in [3.8, 4) is 5.75 Å². The lowest BCUT2D eigenvalue weighted by molar-refractivity contribution is -0.135. The zero-order chi connectivity index (χ0) is 18.4. The van der Waals surface area contributed by atoms with Gasteiger partial charge < -0.3 is 15.5 Å². The Hall–Kier alpha value is -3.36. The zero-order valence-electron chi connectivity index (χ0n) is 13.7. The predicted octanol–water partition coefficient (Wildman–Crippen LogP) is 0.579. The predicted molar refractivity (Wildman–Crippen MR) is 91.3 cm³/mol. The first kappa shape index (κ1) is 16.1. The van der Waals surface area contributed by atoms with Crippen LogP contribution < -0.4 is 10.9 Å². The van der Waals surface area contributed by atoms with E-state index in [9.17, 15) is 19.5 Å². The van der Waals surface area contributed by atoms with Crippen LogP contribution in [-0.2, 0) is 11.3 Å². The van der Waals surface area contributed by atoms with Crippen molar-refractivity contribution < 1.29 is 19.8 Å². The number of benzene rings is 1. The number of hydrogen-bond donors (Lipinski definition) is 3. The normalized spacial score (nSPS) is 14.0. The molecule has 0 saturated heterocycles. The molecule has 9 nitrogen and oxygen atoms in total. The van der Waals surface area contributed by atoms with E-state index in [2.05, 4.69) is 10.3 Å². The summed E-state index contributed by atoms with van der Waals surface area (Å²) in [6.07, 6.45) is 1.98. The number of imidazole rings is 1. The van der Waals surface area contributed by atoms with E-state index in [0.717, 1.165) is 12.8 Å². The molecule has 0 radical (unpaired) electrons. The van der Waals surface area contributed by atoms with Gasteiger partial charge in [-0.05, 0) is 30.9 Å². The summed E-state index contributed by atoms with van der Waals surface area (Å²) in [5.41, 5.74) is 0.150. The van der Waals surface area contributed by atoms with E-state index in [-0.39, 0.29) is 5.65 Å². The SMILES string of the molecule is O=C(O)CNC(=O)c1c(O)c2nc3ccccc3n2n(CC2CC2)c1=O. The van der Waals surface area contributed by atoms with E-state index in [4.69, 9.17) is 5.11 Å². The monoisotopic (exact) mass is 356 g/mol. The van der Waals surface area contributed by atoms with Gasteiger partial charge in [-0.1, -0.05) is 12.1 Å². The Labute approximate surface area is 146 Å². The average molecular weight is 356 g/mol. The van der Waals surface area contributed by atoms with Crippen LogP contribution in [0.2, 0.25) is 0 Å². The topological polar surface area (TPSA) is 126 Å². The van der Waals surface area contributed by atoms with Gasteiger partial charge in [0, 0.05) is 6.54 Å². The third-order valence-electron chi connectivity index (χ3n) is 4.43. The van der Waals surface area contributed by atoms with E-state index in [1.54, 1.807) is 24.3 Å². The Balaban J connectivity index is 1.98. The number of hydrogen-bond acceptors (Lipinski definition) is 5. The lowest BCUT2D eigenvalue weighted by Crippen LogP contribution is -2.37. The number of aromatic hydroxyl groups is 1. The van der Waals surface area contributed by atoms with Crippen molar-refractivity contribution >= 4 is 28.6 Å². The van der Waals surface area contributed by atoms with Gasteiger partial charge in [-0.25, -0.2) is 14.2 Å². The number of amides is 1. The Morgan fingerprint density at radius 1 is 1.27 bits per heavy atom. The minimum Gasteiger partial charge on any atom is -0.504 e. The molecule has 0 spiro atoms. The third-order valence-corrected chi connectivity index (χ3v) is 4.43. The number of nitrogens with one attached hydrogen (secondary N) is 1. The van der Waals surface area contributed by atoms with Gasteiger partial charge in [0.25, 0.3) is 11.5 Å². The van der Waals surface area contributed by atoms with Gasteiger partial charge in [0.1, 0.15) is 6.54 Å². The third kappa shape index (κ3) is 2.57. The molecule has 2 heterocycles. The van der Waals surface area contributed by atoms with Crippen molar-refractivity contribution in [3.05, 3.63) is 40.2 Å². The van der Waals surface area contributed by atoms with Crippen LogP contribution >= 0.6 is 0 Å². The minimum atomic E-state index is -1.25. The average Bonchev–Trinajstić information content (AvgIpc) is 3.34. The second-order valence-electron chi connectivity index (χ2n) is 6.37. The number of carbonyl (C=O) groups is 2. The van der Waals surface area contributed by atoms with Crippen molar-refractivity contribution in [2.24, 2.45) is 5.92 Å². The van der Waals surface area contributed by atoms with Crippen molar-refractivity contribution in [3.63, 3.8) is 0 Å². The number of rotatable bonds is 5. The molecule has 0 atom stereocenters. The van der Waals surface area contributed by atoms with Gasteiger partial charge in [0.15, 0.2) is 17.0 Å². The first-order valence-corrected chi connectivity index (χ1v) is 8.20. The van der Waals surface area contributed by atoms with Gasteiger partial charge in [0.2, 0.25) is 0 Å². The van der Waals surface area contributed by atoms with Crippen LogP contribution in [0.3, 0.4) is 0 Å². The summed E-state index contributed by atoms with van der Waals surface area (Å²) < 4.78 is 2.93.